The number of rotatable bonds is 8. The number of ether oxygens (including phenoxy) is 3. The second-order valence-corrected chi connectivity index (χ2v) is 6.36. The van der Waals surface area contributed by atoms with Crippen LogP contribution in [-0.4, -0.2) is 49.6 Å². The molecule has 6 nitrogen and oxygen atoms in total. The van der Waals surface area contributed by atoms with E-state index in [1.807, 2.05) is 0 Å². The molecule has 1 atom stereocenters. The smallest absolute Gasteiger partial charge is 0.311 e. The average molecular weight is 288 g/mol. The summed E-state index contributed by atoms with van der Waals surface area (Å²) in [7, 11) is 0. The number of esters is 2. The van der Waals surface area contributed by atoms with Crippen molar-refractivity contribution in [3.63, 3.8) is 0 Å². The SMILES string of the molecule is CC(C)(CC(C)(C)C(=O)OCC1CO1)C(=O)OCCO. The van der Waals surface area contributed by atoms with E-state index < -0.39 is 16.8 Å². The van der Waals surface area contributed by atoms with E-state index in [2.05, 4.69) is 0 Å². The summed E-state index contributed by atoms with van der Waals surface area (Å²) in [4.78, 5) is 23.9. The molecule has 0 radical (unpaired) electrons. The van der Waals surface area contributed by atoms with Crippen LogP contribution in [0.25, 0.3) is 0 Å². The van der Waals surface area contributed by atoms with E-state index in [0.717, 1.165) is 0 Å². The van der Waals surface area contributed by atoms with Crippen molar-refractivity contribution >= 4 is 11.9 Å². The summed E-state index contributed by atoms with van der Waals surface area (Å²) in [5, 5.41) is 8.67. The lowest BCUT2D eigenvalue weighted by molar-refractivity contribution is -0.162. The van der Waals surface area contributed by atoms with Crippen LogP contribution in [0.3, 0.4) is 0 Å². The fourth-order valence-corrected chi connectivity index (χ4v) is 2.11. The van der Waals surface area contributed by atoms with Crippen molar-refractivity contribution in [2.24, 2.45) is 10.8 Å². The van der Waals surface area contributed by atoms with Gasteiger partial charge in [0.1, 0.15) is 19.3 Å². The number of aliphatic hydroxyl groups is 1. The minimum atomic E-state index is -0.826. The summed E-state index contributed by atoms with van der Waals surface area (Å²) in [6.45, 7) is 7.55. The van der Waals surface area contributed by atoms with Gasteiger partial charge in [-0.2, -0.15) is 0 Å². The number of epoxide rings is 1. The van der Waals surface area contributed by atoms with Crippen LogP contribution in [0.2, 0.25) is 0 Å². The zero-order valence-electron chi connectivity index (χ0n) is 12.6. The number of carbonyl (C=O) groups excluding carboxylic acids is 2. The van der Waals surface area contributed by atoms with Crippen LogP contribution in [-0.2, 0) is 23.8 Å². The van der Waals surface area contributed by atoms with Crippen LogP contribution < -0.4 is 0 Å². The standard InChI is InChI=1S/C14H24O6/c1-13(2,11(16)18-6-5-15)9-14(3,4)12(17)20-8-10-7-19-10/h10,15H,5-9H2,1-4H3. The molecule has 0 aromatic carbocycles. The molecule has 0 aromatic rings. The van der Waals surface area contributed by atoms with Crippen molar-refractivity contribution in [3.05, 3.63) is 0 Å². The number of hydrogen-bond donors (Lipinski definition) is 1. The van der Waals surface area contributed by atoms with Gasteiger partial charge < -0.3 is 19.3 Å². The summed E-state index contributed by atoms with van der Waals surface area (Å²) in [6.07, 6.45) is 0.325. The lowest BCUT2D eigenvalue weighted by Crippen LogP contribution is -2.37. The molecule has 1 unspecified atom stereocenters. The predicted molar refractivity (Wildman–Crippen MR) is 70.9 cm³/mol. The van der Waals surface area contributed by atoms with Crippen molar-refractivity contribution in [3.8, 4) is 0 Å². The fourth-order valence-electron chi connectivity index (χ4n) is 2.11. The first-order chi connectivity index (χ1) is 9.19. The summed E-state index contributed by atoms with van der Waals surface area (Å²) >= 11 is 0. The van der Waals surface area contributed by atoms with Crippen molar-refractivity contribution in [1.82, 2.24) is 0 Å². The van der Waals surface area contributed by atoms with Gasteiger partial charge in [0.2, 0.25) is 0 Å². The van der Waals surface area contributed by atoms with Gasteiger partial charge in [-0.3, -0.25) is 9.59 Å². The molecular weight excluding hydrogens is 264 g/mol. The zero-order valence-corrected chi connectivity index (χ0v) is 12.6. The normalized spacial score (nSPS) is 18.6. The highest BCUT2D eigenvalue weighted by Crippen LogP contribution is 2.35. The third kappa shape index (κ3) is 5.09. The second kappa shape index (κ2) is 6.54. The fraction of sp³-hybridized carbons (Fsp3) is 0.857. The van der Waals surface area contributed by atoms with Crippen molar-refractivity contribution in [2.45, 2.75) is 40.2 Å². The third-order valence-corrected chi connectivity index (χ3v) is 3.12. The number of carbonyl (C=O) groups is 2. The molecule has 1 heterocycles. The van der Waals surface area contributed by atoms with E-state index >= 15 is 0 Å². The molecule has 0 aliphatic carbocycles. The maximum Gasteiger partial charge on any atom is 0.311 e. The van der Waals surface area contributed by atoms with Gasteiger partial charge in [0, 0.05) is 0 Å². The van der Waals surface area contributed by atoms with Crippen LogP contribution in [0, 0.1) is 10.8 Å². The molecule has 1 rings (SSSR count). The van der Waals surface area contributed by atoms with E-state index in [1.165, 1.54) is 0 Å². The summed E-state index contributed by atoms with van der Waals surface area (Å²) in [6, 6.07) is 0. The second-order valence-electron chi connectivity index (χ2n) is 6.36. The largest absolute Gasteiger partial charge is 0.463 e. The molecule has 0 spiro atoms. The molecular formula is C14H24O6. The Kier molecular flexibility index (Phi) is 5.53. The maximum absolute atomic E-state index is 12.0. The molecule has 0 bridgehead atoms. The molecule has 1 saturated heterocycles. The first kappa shape index (κ1) is 16.9. The van der Waals surface area contributed by atoms with Gasteiger partial charge in [0.15, 0.2) is 0 Å². The topological polar surface area (TPSA) is 85.4 Å². The Balaban J connectivity index is 2.52. The molecule has 1 aliphatic rings. The monoisotopic (exact) mass is 288 g/mol. The van der Waals surface area contributed by atoms with Gasteiger partial charge in [-0.1, -0.05) is 0 Å². The zero-order chi connectivity index (χ0) is 15.4. The highest BCUT2D eigenvalue weighted by Gasteiger charge is 2.41. The first-order valence-corrected chi connectivity index (χ1v) is 6.76. The van der Waals surface area contributed by atoms with Gasteiger partial charge in [-0.05, 0) is 34.1 Å². The van der Waals surface area contributed by atoms with E-state index in [1.54, 1.807) is 27.7 Å². The average Bonchev–Trinajstić information content (AvgIpc) is 3.15. The highest BCUT2D eigenvalue weighted by atomic mass is 16.6. The molecule has 1 N–H and O–H groups in total. The van der Waals surface area contributed by atoms with E-state index in [-0.39, 0.29) is 31.9 Å². The Morgan fingerprint density at radius 1 is 1.15 bits per heavy atom. The Bertz CT molecular complexity index is 357. The molecule has 20 heavy (non-hydrogen) atoms. The van der Waals surface area contributed by atoms with Crippen molar-refractivity contribution in [1.29, 1.82) is 0 Å². The van der Waals surface area contributed by atoms with Gasteiger partial charge in [0.25, 0.3) is 0 Å². The van der Waals surface area contributed by atoms with E-state index in [0.29, 0.717) is 13.0 Å². The quantitative estimate of drug-likeness (QED) is 0.528. The maximum atomic E-state index is 12.0. The van der Waals surface area contributed by atoms with E-state index in [4.69, 9.17) is 19.3 Å². The van der Waals surface area contributed by atoms with Crippen molar-refractivity contribution < 1.29 is 28.9 Å². The van der Waals surface area contributed by atoms with Crippen molar-refractivity contribution in [2.75, 3.05) is 26.4 Å². The van der Waals surface area contributed by atoms with Gasteiger partial charge in [-0.25, -0.2) is 0 Å². The van der Waals surface area contributed by atoms with Crippen LogP contribution in [0.1, 0.15) is 34.1 Å². The molecule has 116 valence electrons. The Hall–Kier alpha value is -1.14. The summed E-state index contributed by atoms with van der Waals surface area (Å²) in [5.74, 6) is -0.783. The Labute approximate surface area is 119 Å². The molecule has 6 heteroatoms. The molecule has 0 amide bonds. The minimum Gasteiger partial charge on any atom is -0.463 e. The number of hydrogen-bond acceptors (Lipinski definition) is 6. The summed E-state index contributed by atoms with van der Waals surface area (Å²) in [5.41, 5.74) is -1.62. The first-order valence-electron chi connectivity index (χ1n) is 6.76. The lowest BCUT2D eigenvalue weighted by atomic mass is 9.75. The molecule has 0 saturated carbocycles. The Morgan fingerprint density at radius 2 is 1.65 bits per heavy atom. The van der Waals surface area contributed by atoms with Gasteiger partial charge in [0.05, 0.1) is 24.0 Å². The predicted octanol–water partition coefficient (Wildman–Crippen LogP) is 0.906. The van der Waals surface area contributed by atoms with Crippen LogP contribution >= 0.6 is 0 Å². The lowest BCUT2D eigenvalue weighted by Gasteiger charge is -2.31. The van der Waals surface area contributed by atoms with Crippen LogP contribution in [0.5, 0.6) is 0 Å². The number of aliphatic hydroxyl groups excluding tert-OH is 1. The van der Waals surface area contributed by atoms with Crippen LogP contribution in [0.15, 0.2) is 0 Å². The Morgan fingerprint density at radius 3 is 2.10 bits per heavy atom. The third-order valence-electron chi connectivity index (χ3n) is 3.12. The molecule has 1 aliphatic heterocycles. The highest BCUT2D eigenvalue weighted by molar-refractivity contribution is 5.80. The minimum absolute atomic E-state index is 0.0253. The van der Waals surface area contributed by atoms with E-state index in [9.17, 15) is 9.59 Å². The molecule has 0 aromatic heterocycles. The molecule has 1 fully saturated rings. The van der Waals surface area contributed by atoms with Gasteiger partial charge in [-0.15, -0.1) is 0 Å². The van der Waals surface area contributed by atoms with Gasteiger partial charge >= 0.3 is 11.9 Å². The van der Waals surface area contributed by atoms with Crippen LogP contribution in [0.4, 0.5) is 0 Å². The summed E-state index contributed by atoms with van der Waals surface area (Å²) < 4.78 is 15.1.